The minimum absolute atomic E-state index is 0.0417. The number of esters is 2. The first kappa shape index (κ1) is 66.6. The molecule has 0 saturated heterocycles. The molecule has 49 heavy (non-hydrogen) atoms. The summed E-state index contributed by atoms with van der Waals surface area (Å²) in [7, 11) is 1.33. The standard InChI is InChI=1S/C6H12OS.C5H10OS.C4H8O2S.C4H8OS.2C3H6O2S.C2H4O2S.C2H4OS/c1-5(7)4-6(2,3)8;1-3-5(7)4(2)6;1-2-6-4(5)3-7;1-3(5)4(2)6;1-5-3(4)2-6;1-2(6)3(4)5;3-2(4)1-5;1-2(3)4/h8H,4H2,1-3H3;5,7H,3H2,1-2H3;7H,2-3H2,1H3;4,6H,1-2H3;6H,2H2,1H3;2,6H,1H3,(H,4,5);5H,1H2,(H,3,4);1H3,(H,3,4). The van der Waals surface area contributed by atoms with Crippen LogP contribution in [0.4, 0.5) is 0 Å². The van der Waals surface area contributed by atoms with Crippen molar-refractivity contribution in [2.45, 2.75) is 103 Å². The molecule has 0 aromatic carbocycles. The van der Waals surface area contributed by atoms with Gasteiger partial charge in [-0.25, -0.2) is 0 Å². The van der Waals surface area contributed by atoms with E-state index in [2.05, 4.69) is 111 Å². The van der Waals surface area contributed by atoms with Crippen LogP contribution in [-0.2, 0) is 47.8 Å². The molecular formula is C29H58O12S8. The van der Waals surface area contributed by atoms with E-state index in [1.54, 1.807) is 27.7 Å². The molecule has 0 fully saturated rings. The normalized spacial score (nSPS) is 10.6. The second-order valence-electron chi connectivity index (χ2n) is 9.30. The van der Waals surface area contributed by atoms with Crippen LogP contribution in [0.2, 0.25) is 0 Å². The zero-order valence-corrected chi connectivity index (χ0v) is 37.2. The van der Waals surface area contributed by atoms with Crippen LogP contribution in [-0.4, -0.2) is 108 Å². The van der Waals surface area contributed by atoms with E-state index in [0.717, 1.165) is 6.42 Å². The Kier molecular flexibility index (Phi) is 64.4. The average molecular weight is 855 g/mol. The van der Waals surface area contributed by atoms with E-state index in [1.165, 1.54) is 27.9 Å². The Bertz CT molecular complexity index is 862. The number of aliphatic carboxylic acids is 2. The fraction of sp³-hybridized carbons (Fsp3) is 0.724. The van der Waals surface area contributed by atoms with Crippen molar-refractivity contribution in [3.63, 3.8) is 0 Å². The molecule has 0 aromatic rings. The zero-order valence-electron chi connectivity index (χ0n) is 30.0. The molecule has 3 atom stereocenters. The van der Waals surface area contributed by atoms with Crippen LogP contribution in [0.3, 0.4) is 0 Å². The smallest absolute Gasteiger partial charge is 0.316 e. The van der Waals surface area contributed by atoms with E-state index < -0.39 is 17.2 Å². The SMILES string of the molecule is CC(=O)C(C)S.CC(=O)CC(C)(C)S.CC(=O)S.CC(S)C(=O)O.CCC(S)C(C)=O.CCOC(=O)CS.COC(=O)CS.O=C(O)CS. The number of carbonyl (C=O) groups excluding carboxylic acids is 6. The third-order valence-electron chi connectivity index (χ3n) is 3.41. The second kappa shape index (κ2) is 47.4. The first-order valence-electron chi connectivity index (χ1n) is 14.0. The number of hydrogen-bond acceptors (Lipinski definition) is 17. The van der Waals surface area contributed by atoms with Crippen molar-refractivity contribution in [1.82, 2.24) is 0 Å². The maximum atomic E-state index is 10.4. The molecule has 0 aromatic heterocycles. The highest BCUT2D eigenvalue weighted by Gasteiger charge is 2.12. The number of Topliss-reactive ketones (excluding diaryl/α,β-unsaturated/α-hetero) is 3. The van der Waals surface area contributed by atoms with Crippen LogP contribution in [0.15, 0.2) is 0 Å². The lowest BCUT2D eigenvalue weighted by molar-refractivity contribution is -0.140. The van der Waals surface area contributed by atoms with Crippen molar-refractivity contribution in [1.29, 1.82) is 0 Å². The van der Waals surface area contributed by atoms with Gasteiger partial charge in [-0.2, -0.15) is 88.4 Å². The molecule has 0 aliphatic carbocycles. The van der Waals surface area contributed by atoms with Gasteiger partial charge in [0.2, 0.25) is 0 Å². The van der Waals surface area contributed by atoms with Crippen molar-refractivity contribution in [3.05, 3.63) is 0 Å². The van der Waals surface area contributed by atoms with Crippen LogP contribution >= 0.6 is 101 Å². The molecule has 0 heterocycles. The summed E-state index contributed by atoms with van der Waals surface area (Å²) in [6, 6.07) is 0. The van der Waals surface area contributed by atoms with Gasteiger partial charge in [-0.15, -0.1) is 12.6 Å². The van der Waals surface area contributed by atoms with Gasteiger partial charge in [0.1, 0.15) is 17.3 Å². The lowest BCUT2D eigenvalue weighted by Crippen LogP contribution is -2.14. The van der Waals surface area contributed by atoms with E-state index in [-0.39, 0.29) is 66.9 Å². The number of ether oxygens (including phenoxy) is 2. The Morgan fingerprint density at radius 3 is 1.04 bits per heavy atom. The van der Waals surface area contributed by atoms with Crippen LogP contribution in [0.5, 0.6) is 0 Å². The fourth-order valence-corrected chi connectivity index (χ4v) is 1.61. The summed E-state index contributed by atoms with van der Waals surface area (Å²) in [5.41, 5.74) is 0. The predicted molar refractivity (Wildman–Crippen MR) is 225 cm³/mol. The van der Waals surface area contributed by atoms with Gasteiger partial charge in [-0.05, 0) is 48.0 Å². The number of methoxy groups -OCH3 is 1. The predicted octanol–water partition coefficient (Wildman–Crippen LogP) is 5.27. The molecule has 20 heteroatoms. The minimum Gasteiger partial charge on any atom is -0.481 e. The number of ketones is 3. The molecule has 0 aliphatic heterocycles. The number of thiol groups is 8. The van der Waals surface area contributed by atoms with Crippen LogP contribution < -0.4 is 0 Å². The average Bonchev–Trinajstić information content (AvgIpc) is 2.96. The highest BCUT2D eigenvalue weighted by molar-refractivity contribution is 7.96. The van der Waals surface area contributed by atoms with Gasteiger partial charge < -0.3 is 19.7 Å². The summed E-state index contributed by atoms with van der Waals surface area (Å²) in [5, 5.41) is 14.7. The third-order valence-corrected chi connectivity index (χ3v) is 5.67. The largest absolute Gasteiger partial charge is 0.481 e. The highest BCUT2D eigenvalue weighted by atomic mass is 32.1. The maximum absolute atomic E-state index is 10.4. The minimum atomic E-state index is -0.881. The number of hydrogen-bond donors (Lipinski definition) is 10. The number of carboxylic acid groups (broad SMARTS) is 2. The Labute approximate surface area is 336 Å². The summed E-state index contributed by atoms with van der Waals surface area (Å²) in [6.07, 6.45) is 1.38. The quantitative estimate of drug-likeness (QED) is 0.101. The Morgan fingerprint density at radius 2 is 1.02 bits per heavy atom. The van der Waals surface area contributed by atoms with Gasteiger partial charge in [0.15, 0.2) is 5.12 Å². The van der Waals surface area contributed by atoms with Gasteiger partial charge in [0.25, 0.3) is 0 Å². The first-order chi connectivity index (χ1) is 22.0. The fourth-order valence-electron chi connectivity index (χ4n) is 1.17. The topological polar surface area (TPSA) is 195 Å². The lowest BCUT2D eigenvalue weighted by atomic mass is 10.1. The molecule has 3 unspecified atom stereocenters. The second-order valence-corrected chi connectivity index (χ2v) is 14.3. The number of rotatable bonds is 10. The molecule has 0 bridgehead atoms. The molecule has 0 saturated carbocycles. The van der Waals surface area contributed by atoms with Gasteiger partial charge in [-0.1, -0.05) is 20.8 Å². The molecule has 2 N–H and O–H groups in total. The summed E-state index contributed by atoms with van der Waals surface area (Å²) in [5.74, 6) is -1.57. The Hall–Kier alpha value is -0.640. The van der Waals surface area contributed by atoms with Crippen molar-refractivity contribution < 1.29 is 58.0 Å². The van der Waals surface area contributed by atoms with E-state index in [0.29, 0.717) is 13.0 Å². The van der Waals surface area contributed by atoms with Gasteiger partial charge in [-0.3, -0.25) is 38.4 Å². The number of carbonyl (C=O) groups is 8. The van der Waals surface area contributed by atoms with E-state index >= 15 is 0 Å². The summed E-state index contributed by atoms with van der Waals surface area (Å²) < 4.78 is 8.53. The maximum Gasteiger partial charge on any atom is 0.316 e. The van der Waals surface area contributed by atoms with E-state index in [4.69, 9.17) is 10.2 Å². The summed E-state index contributed by atoms with van der Waals surface area (Å²) >= 11 is 29.6. The number of carboxylic acids is 2. The first-order valence-corrected chi connectivity index (χ1v) is 18.3. The molecule has 294 valence electrons. The Morgan fingerprint density at radius 1 is 0.714 bits per heavy atom. The molecule has 0 aliphatic rings. The van der Waals surface area contributed by atoms with Gasteiger partial charge >= 0.3 is 23.9 Å². The molecule has 0 spiro atoms. The molecule has 12 nitrogen and oxygen atoms in total. The van der Waals surface area contributed by atoms with Crippen molar-refractivity contribution in [2.24, 2.45) is 0 Å². The van der Waals surface area contributed by atoms with Gasteiger partial charge in [0.05, 0.1) is 46.7 Å². The zero-order chi connectivity index (χ0) is 41.5. The van der Waals surface area contributed by atoms with Crippen LogP contribution in [0, 0.1) is 0 Å². The summed E-state index contributed by atoms with van der Waals surface area (Å²) in [6.45, 7) is 17.3. The van der Waals surface area contributed by atoms with Crippen LogP contribution in [0.1, 0.15) is 82.1 Å². The van der Waals surface area contributed by atoms with Crippen molar-refractivity contribution >= 4 is 147 Å². The third kappa shape index (κ3) is 113. The van der Waals surface area contributed by atoms with E-state index in [9.17, 15) is 38.4 Å². The molecule has 0 rings (SSSR count). The Balaban J connectivity index is -0.0000000658. The highest BCUT2D eigenvalue weighted by Crippen LogP contribution is 2.16. The van der Waals surface area contributed by atoms with Crippen molar-refractivity contribution in [2.75, 3.05) is 31.0 Å². The summed E-state index contributed by atoms with van der Waals surface area (Å²) in [4.78, 5) is 79.0. The van der Waals surface area contributed by atoms with Crippen molar-refractivity contribution in [3.8, 4) is 0 Å². The van der Waals surface area contributed by atoms with Crippen LogP contribution in [0.25, 0.3) is 0 Å². The lowest BCUT2D eigenvalue weighted by Gasteiger charge is -2.13. The molecule has 0 amide bonds. The van der Waals surface area contributed by atoms with Gasteiger partial charge in [0, 0.05) is 18.1 Å². The molecule has 0 radical (unpaired) electrons. The molecular weight excluding hydrogens is 797 g/mol. The van der Waals surface area contributed by atoms with E-state index in [1.807, 2.05) is 20.8 Å². The monoisotopic (exact) mass is 854 g/mol.